The Morgan fingerprint density at radius 2 is 1.90 bits per heavy atom. The van der Waals surface area contributed by atoms with Crippen LogP contribution >= 0.6 is 0 Å². The Balaban J connectivity index is 2.51. The van der Waals surface area contributed by atoms with Crippen LogP contribution in [0.2, 0.25) is 0 Å². The molecular weight excluding hydrogens is 276 g/mol. The van der Waals surface area contributed by atoms with E-state index in [1.54, 1.807) is 18.2 Å². The van der Waals surface area contributed by atoms with Crippen LogP contribution in [0.15, 0.2) is 42.5 Å². The van der Waals surface area contributed by atoms with E-state index in [4.69, 9.17) is 16.4 Å². The van der Waals surface area contributed by atoms with Crippen molar-refractivity contribution in [1.82, 2.24) is 0 Å². The van der Waals surface area contributed by atoms with Crippen molar-refractivity contribution >= 4 is 20.9 Å². The molecule has 0 spiro atoms. The monoisotopic (exact) mass is 286 g/mol. The lowest BCUT2D eigenvalue weighted by molar-refractivity contribution is 0.461. The molecule has 0 aliphatic carbocycles. The van der Waals surface area contributed by atoms with Crippen molar-refractivity contribution in [3.8, 4) is 6.07 Å². The Bertz CT molecular complexity index is 831. The summed E-state index contributed by atoms with van der Waals surface area (Å²) in [6.07, 6.45) is -0.378. The highest BCUT2D eigenvalue weighted by Gasteiger charge is 2.51. The summed E-state index contributed by atoms with van der Waals surface area (Å²) in [6.45, 7) is 6.94. The Hall–Kier alpha value is -2.41. The molecule has 0 bridgehead atoms. The van der Waals surface area contributed by atoms with E-state index in [0.29, 0.717) is 5.56 Å². The molecule has 2 aromatic rings. The van der Waals surface area contributed by atoms with Crippen molar-refractivity contribution in [2.24, 2.45) is 0 Å². The van der Waals surface area contributed by atoms with Crippen molar-refractivity contribution < 1.29 is 13.0 Å². The number of fused-ring (bicyclic) bond motifs is 1. The van der Waals surface area contributed by atoms with Crippen molar-refractivity contribution in [2.45, 2.75) is 11.3 Å². The molecule has 5 nitrogen and oxygen atoms in total. The first-order valence-electron chi connectivity index (χ1n) is 5.66. The van der Waals surface area contributed by atoms with Crippen molar-refractivity contribution in [3.63, 3.8) is 0 Å². The van der Waals surface area contributed by atoms with Crippen LogP contribution in [-0.2, 0) is 16.5 Å². The highest BCUT2D eigenvalue weighted by Crippen LogP contribution is 2.25. The van der Waals surface area contributed by atoms with Crippen LogP contribution in [0.1, 0.15) is 5.56 Å². The molecule has 0 aromatic heterocycles. The molecule has 0 aliphatic rings. The fraction of sp³-hybridized carbons (Fsp3) is 0.143. The quantitative estimate of drug-likeness (QED) is 0.693. The van der Waals surface area contributed by atoms with Crippen LogP contribution in [-0.4, -0.2) is 17.8 Å². The van der Waals surface area contributed by atoms with Crippen LogP contribution in [0, 0.1) is 17.9 Å². The molecule has 0 fully saturated rings. The SMILES string of the molecule is [C-]#[N+]C(C#N)(Cc1ccc2ccccc2c1)S(=O)(=O)O. The lowest BCUT2D eigenvalue weighted by Crippen LogP contribution is -2.35. The van der Waals surface area contributed by atoms with Gasteiger partial charge in [-0.1, -0.05) is 42.5 Å². The van der Waals surface area contributed by atoms with E-state index in [1.165, 1.54) is 6.07 Å². The molecule has 1 unspecified atom stereocenters. The Morgan fingerprint density at radius 1 is 1.25 bits per heavy atom. The Kier molecular flexibility index (Phi) is 3.46. The summed E-state index contributed by atoms with van der Waals surface area (Å²) in [5.41, 5.74) is 0.499. The number of rotatable bonds is 3. The maximum atomic E-state index is 11.3. The van der Waals surface area contributed by atoms with E-state index in [9.17, 15) is 8.42 Å². The first-order valence-corrected chi connectivity index (χ1v) is 7.10. The molecule has 2 aromatic carbocycles. The van der Waals surface area contributed by atoms with Crippen LogP contribution in [0.25, 0.3) is 15.6 Å². The Labute approximate surface area is 116 Å². The molecular formula is C14H10N2O3S. The second-order valence-electron chi connectivity index (χ2n) is 4.34. The van der Waals surface area contributed by atoms with Gasteiger partial charge in [-0.2, -0.15) is 13.7 Å². The Morgan fingerprint density at radius 3 is 2.45 bits per heavy atom. The second-order valence-corrected chi connectivity index (χ2v) is 5.97. The fourth-order valence-electron chi connectivity index (χ4n) is 1.94. The standard InChI is InChI=1S/C14H10N2O3S/c1-16-14(10-15,20(17,18)19)9-11-6-7-12-4-2-3-5-13(12)8-11/h2-8H,9H2,(H,17,18,19). The van der Waals surface area contributed by atoms with Gasteiger partial charge in [0.1, 0.15) is 0 Å². The number of hydrogen-bond acceptors (Lipinski definition) is 3. The molecule has 6 heteroatoms. The number of nitriles is 1. The zero-order chi connectivity index (χ0) is 14.8. The van der Waals surface area contributed by atoms with Crippen LogP contribution in [0.4, 0.5) is 0 Å². The average molecular weight is 286 g/mol. The summed E-state index contributed by atoms with van der Waals surface area (Å²) in [6, 6.07) is 14.0. The highest BCUT2D eigenvalue weighted by atomic mass is 32.2. The van der Waals surface area contributed by atoms with Gasteiger partial charge in [-0.05, 0) is 16.3 Å². The van der Waals surface area contributed by atoms with Gasteiger partial charge in [-0.15, -0.1) is 0 Å². The van der Waals surface area contributed by atoms with E-state index in [0.717, 1.165) is 10.8 Å². The van der Waals surface area contributed by atoms with Gasteiger partial charge in [-0.3, -0.25) is 9.40 Å². The third-order valence-electron chi connectivity index (χ3n) is 3.04. The second kappa shape index (κ2) is 4.93. The fourth-order valence-corrected chi connectivity index (χ4v) is 2.52. The molecule has 0 aliphatic heterocycles. The van der Waals surface area contributed by atoms with Crippen molar-refractivity contribution in [3.05, 3.63) is 59.4 Å². The third-order valence-corrected chi connectivity index (χ3v) is 4.22. The first-order chi connectivity index (χ1) is 9.42. The van der Waals surface area contributed by atoms with Gasteiger partial charge in [0.25, 0.3) is 0 Å². The molecule has 2 rings (SSSR count). The predicted octanol–water partition coefficient (Wildman–Crippen LogP) is 2.41. The smallest absolute Gasteiger partial charge is 0.278 e. The van der Waals surface area contributed by atoms with Crippen molar-refractivity contribution in [2.75, 3.05) is 0 Å². The summed E-state index contributed by atoms with van der Waals surface area (Å²) < 4.78 is 31.7. The van der Waals surface area contributed by atoms with Crippen LogP contribution < -0.4 is 0 Å². The minimum absolute atomic E-state index is 0.378. The predicted molar refractivity (Wildman–Crippen MR) is 74.1 cm³/mol. The van der Waals surface area contributed by atoms with Gasteiger partial charge < -0.3 is 0 Å². The lowest BCUT2D eigenvalue weighted by atomic mass is 10.0. The molecule has 0 saturated carbocycles. The van der Waals surface area contributed by atoms with E-state index in [-0.39, 0.29) is 6.42 Å². The molecule has 1 N–H and O–H groups in total. The maximum absolute atomic E-state index is 11.3. The topological polar surface area (TPSA) is 82.5 Å². The zero-order valence-corrected chi connectivity index (χ0v) is 11.1. The minimum Gasteiger partial charge on any atom is -0.278 e. The molecule has 0 amide bonds. The van der Waals surface area contributed by atoms with Crippen LogP contribution in [0.3, 0.4) is 0 Å². The van der Waals surface area contributed by atoms with Crippen molar-refractivity contribution in [1.29, 1.82) is 5.26 Å². The number of hydrogen-bond donors (Lipinski definition) is 1. The van der Waals surface area contributed by atoms with Gasteiger partial charge in [-0.25, -0.2) is 6.57 Å². The normalized spacial score (nSPS) is 14.2. The van der Waals surface area contributed by atoms with Gasteiger partial charge in [0.2, 0.25) is 0 Å². The zero-order valence-electron chi connectivity index (χ0n) is 10.3. The summed E-state index contributed by atoms with van der Waals surface area (Å²) >= 11 is 0. The maximum Gasteiger partial charge on any atom is 0.439 e. The summed E-state index contributed by atoms with van der Waals surface area (Å²) in [5, 5.41) is 10.8. The van der Waals surface area contributed by atoms with E-state index < -0.39 is 15.0 Å². The molecule has 100 valence electrons. The lowest BCUT2D eigenvalue weighted by Gasteiger charge is -2.11. The summed E-state index contributed by atoms with van der Waals surface area (Å²) in [5.74, 6) is 0. The molecule has 0 radical (unpaired) electrons. The summed E-state index contributed by atoms with van der Waals surface area (Å²) in [7, 11) is -4.79. The molecule has 0 heterocycles. The third kappa shape index (κ3) is 2.35. The van der Waals surface area contributed by atoms with Gasteiger partial charge in [0.05, 0.1) is 6.42 Å². The molecule has 20 heavy (non-hydrogen) atoms. The highest BCUT2D eigenvalue weighted by molar-refractivity contribution is 7.87. The number of nitrogens with zero attached hydrogens (tertiary/aromatic N) is 2. The van der Waals surface area contributed by atoms with Gasteiger partial charge in [0.15, 0.2) is 6.07 Å². The van der Waals surface area contributed by atoms with Gasteiger partial charge in [0, 0.05) is 0 Å². The van der Waals surface area contributed by atoms with Gasteiger partial charge >= 0.3 is 15.0 Å². The van der Waals surface area contributed by atoms with E-state index in [1.807, 2.05) is 24.3 Å². The number of benzene rings is 2. The summed E-state index contributed by atoms with van der Waals surface area (Å²) in [4.78, 5) is 0.345. The van der Waals surface area contributed by atoms with Crippen LogP contribution in [0.5, 0.6) is 0 Å². The molecule has 1 atom stereocenters. The average Bonchev–Trinajstić information content (AvgIpc) is 2.43. The largest absolute Gasteiger partial charge is 0.439 e. The molecule has 0 saturated heterocycles. The minimum atomic E-state index is -4.79. The first kappa shape index (κ1) is 14.0. The van der Waals surface area contributed by atoms with E-state index >= 15 is 0 Å². The van der Waals surface area contributed by atoms with E-state index in [2.05, 4.69) is 4.85 Å².